The fraction of sp³-hybridized carbons (Fsp3) is 0.188. The van der Waals surface area contributed by atoms with Crippen LogP contribution >= 0.6 is 11.6 Å². The van der Waals surface area contributed by atoms with Crippen LogP contribution < -0.4 is 23.9 Å². The number of anilines is 1. The Balaban J connectivity index is 1.41. The average Bonchev–Trinajstić information content (AvgIpc) is 2.98. The molecule has 0 radical (unpaired) electrons. The molecule has 0 saturated carbocycles. The van der Waals surface area contributed by atoms with Gasteiger partial charge < -0.3 is 14.2 Å². The lowest BCUT2D eigenvalue weighted by molar-refractivity contribution is -0.121. The molecule has 11 heteroatoms. The van der Waals surface area contributed by atoms with Gasteiger partial charge in [-0.15, -0.1) is 0 Å². The molecular weight excluding hydrogens is 590 g/mol. The van der Waals surface area contributed by atoms with E-state index in [1.165, 1.54) is 13.1 Å². The number of hydrogen-bond donors (Lipinski definition) is 1. The third-order valence-electron chi connectivity index (χ3n) is 6.10. The molecule has 0 aliphatic carbocycles. The number of amides is 1. The first-order chi connectivity index (χ1) is 20.6. The fourth-order valence-electron chi connectivity index (χ4n) is 4.14. The van der Waals surface area contributed by atoms with Crippen LogP contribution in [0, 0.1) is 0 Å². The van der Waals surface area contributed by atoms with Crippen LogP contribution in [0.5, 0.6) is 23.0 Å². The Labute approximate surface area is 256 Å². The topological polar surface area (TPSA) is 107 Å². The quantitative estimate of drug-likeness (QED) is 0.136. The molecule has 0 bridgehead atoms. The zero-order valence-corrected chi connectivity index (χ0v) is 25.5. The molecule has 1 N–H and O–H groups in total. The molecule has 1 atom stereocenters. The highest BCUT2D eigenvalue weighted by Gasteiger charge is 2.29. The number of nitrogens with one attached hydrogen (secondary N) is 1. The Hall–Kier alpha value is -4.54. The number of rotatable bonds is 13. The zero-order chi connectivity index (χ0) is 30.8. The van der Waals surface area contributed by atoms with Crippen molar-refractivity contribution in [2.75, 3.05) is 17.2 Å². The largest absolute Gasteiger partial charge is 0.490 e. The molecule has 0 aliphatic heterocycles. The molecule has 0 heterocycles. The average molecular weight is 622 g/mol. The maximum Gasteiger partial charge on any atom is 0.263 e. The van der Waals surface area contributed by atoms with Crippen molar-refractivity contribution in [2.45, 2.75) is 26.5 Å². The van der Waals surface area contributed by atoms with Gasteiger partial charge in [0.25, 0.3) is 5.91 Å². The van der Waals surface area contributed by atoms with E-state index >= 15 is 0 Å². The van der Waals surface area contributed by atoms with Gasteiger partial charge in [0, 0.05) is 5.02 Å². The molecule has 0 saturated heterocycles. The smallest absolute Gasteiger partial charge is 0.263 e. The van der Waals surface area contributed by atoms with Crippen molar-refractivity contribution in [3.8, 4) is 23.0 Å². The highest BCUT2D eigenvalue weighted by atomic mass is 35.5. The predicted molar refractivity (Wildman–Crippen MR) is 169 cm³/mol. The van der Waals surface area contributed by atoms with E-state index in [9.17, 15) is 13.2 Å². The second-order valence-corrected chi connectivity index (χ2v) is 11.7. The van der Waals surface area contributed by atoms with Crippen molar-refractivity contribution in [3.05, 3.63) is 113 Å². The minimum absolute atomic E-state index is 0.307. The molecule has 0 spiro atoms. The first-order valence-corrected chi connectivity index (χ1v) is 15.7. The lowest BCUT2D eigenvalue weighted by Crippen LogP contribution is -2.46. The Morgan fingerprint density at radius 2 is 1.65 bits per heavy atom. The van der Waals surface area contributed by atoms with Gasteiger partial charge in [0.2, 0.25) is 10.0 Å². The number of para-hydroxylation sites is 1. The molecule has 4 aromatic rings. The van der Waals surface area contributed by atoms with Crippen LogP contribution in [0.1, 0.15) is 25.0 Å². The highest BCUT2D eigenvalue weighted by Crippen LogP contribution is 2.30. The minimum atomic E-state index is -3.81. The summed E-state index contributed by atoms with van der Waals surface area (Å²) >= 11 is 6.06. The highest BCUT2D eigenvalue weighted by molar-refractivity contribution is 7.92. The van der Waals surface area contributed by atoms with Crippen LogP contribution in [0.15, 0.2) is 102 Å². The van der Waals surface area contributed by atoms with Crippen molar-refractivity contribution in [1.82, 2.24) is 5.43 Å². The van der Waals surface area contributed by atoms with Gasteiger partial charge >= 0.3 is 0 Å². The van der Waals surface area contributed by atoms with E-state index in [0.29, 0.717) is 52.5 Å². The van der Waals surface area contributed by atoms with E-state index in [-0.39, 0.29) is 0 Å². The molecule has 0 aliphatic rings. The third kappa shape index (κ3) is 8.97. The monoisotopic (exact) mass is 621 g/mol. The molecule has 0 fully saturated rings. The van der Waals surface area contributed by atoms with Gasteiger partial charge in [-0.05, 0) is 91.7 Å². The molecule has 224 valence electrons. The van der Waals surface area contributed by atoms with Gasteiger partial charge in [-0.25, -0.2) is 13.8 Å². The molecular formula is C32H32ClN3O6S. The van der Waals surface area contributed by atoms with Crippen LogP contribution in [0.3, 0.4) is 0 Å². The molecule has 43 heavy (non-hydrogen) atoms. The van der Waals surface area contributed by atoms with Gasteiger partial charge in [0.05, 0.1) is 24.8 Å². The van der Waals surface area contributed by atoms with Crippen molar-refractivity contribution in [3.63, 3.8) is 0 Å². The van der Waals surface area contributed by atoms with Crippen LogP contribution in [-0.2, 0) is 21.4 Å². The predicted octanol–water partition coefficient (Wildman–Crippen LogP) is 6.41. The lowest BCUT2D eigenvalue weighted by atomic mass is 10.2. The number of halogens is 1. The normalized spacial score (nSPS) is 12.0. The second kappa shape index (κ2) is 14.6. The Kier molecular flexibility index (Phi) is 10.6. The summed E-state index contributed by atoms with van der Waals surface area (Å²) in [6.45, 7) is 4.07. The van der Waals surface area contributed by atoms with E-state index in [4.69, 9.17) is 25.8 Å². The number of hydrazone groups is 1. The molecule has 0 aromatic heterocycles. The number of carbonyl (C=O) groups is 1. The van der Waals surface area contributed by atoms with Crippen LogP contribution in [0.25, 0.3) is 0 Å². The summed E-state index contributed by atoms with van der Waals surface area (Å²) in [4.78, 5) is 13.0. The number of sulfonamides is 1. The Bertz CT molecular complexity index is 1660. The van der Waals surface area contributed by atoms with Crippen LogP contribution in [0.2, 0.25) is 5.02 Å². The van der Waals surface area contributed by atoms with E-state index in [1.807, 2.05) is 55.5 Å². The Morgan fingerprint density at radius 1 is 0.930 bits per heavy atom. The zero-order valence-electron chi connectivity index (χ0n) is 23.9. The summed E-state index contributed by atoms with van der Waals surface area (Å²) in [6, 6.07) is 27.2. The van der Waals surface area contributed by atoms with Crippen LogP contribution in [0.4, 0.5) is 5.69 Å². The summed E-state index contributed by atoms with van der Waals surface area (Å²) in [5.41, 5.74) is 4.29. The van der Waals surface area contributed by atoms with Crippen LogP contribution in [-0.4, -0.2) is 39.4 Å². The van der Waals surface area contributed by atoms with Gasteiger partial charge in [0.15, 0.2) is 11.5 Å². The first-order valence-electron chi connectivity index (χ1n) is 13.4. The van der Waals surface area contributed by atoms with Gasteiger partial charge in [0.1, 0.15) is 24.1 Å². The minimum Gasteiger partial charge on any atom is -0.490 e. The van der Waals surface area contributed by atoms with Crippen molar-refractivity contribution < 1.29 is 27.4 Å². The van der Waals surface area contributed by atoms with Gasteiger partial charge in [-0.1, -0.05) is 41.9 Å². The number of nitrogens with zero attached hydrogens (tertiary/aromatic N) is 2. The van der Waals surface area contributed by atoms with Gasteiger partial charge in [-0.2, -0.15) is 5.10 Å². The molecule has 1 amide bonds. The van der Waals surface area contributed by atoms with Crippen molar-refractivity contribution in [1.29, 1.82) is 0 Å². The molecule has 0 unspecified atom stereocenters. The summed E-state index contributed by atoms with van der Waals surface area (Å²) < 4.78 is 43.8. The third-order valence-corrected chi connectivity index (χ3v) is 7.57. The maximum atomic E-state index is 13.0. The molecule has 9 nitrogen and oxygen atoms in total. The van der Waals surface area contributed by atoms with E-state index in [2.05, 4.69) is 10.5 Å². The lowest BCUT2D eigenvalue weighted by Gasteiger charge is -2.27. The number of hydrogen-bond acceptors (Lipinski definition) is 7. The standard InChI is InChI=1S/C32H32ClN3O6S/c1-4-40-31-20-24(13-18-30(31)41-22-25-9-8-10-26(33)19-25)21-34-35-32(37)23(2)36(43(3,38)39)27-14-16-29(17-15-27)42-28-11-6-5-7-12-28/h5-21,23H,4,22H2,1-3H3,(H,35,37)/b34-21-/t23-/m1/s1. The second-order valence-electron chi connectivity index (χ2n) is 9.44. The maximum absolute atomic E-state index is 13.0. The summed E-state index contributed by atoms with van der Waals surface area (Å²) in [6.07, 6.45) is 2.48. The van der Waals surface area contributed by atoms with Crippen molar-refractivity contribution >= 4 is 39.4 Å². The number of benzene rings is 4. The molecule has 4 aromatic carbocycles. The summed E-state index contributed by atoms with van der Waals surface area (Å²) in [7, 11) is -3.81. The SMILES string of the molecule is CCOc1cc(/C=N\NC(=O)[C@@H](C)N(c2ccc(Oc3ccccc3)cc2)S(C)(=O)=O)ccc1OCc1cccc(Cl)c1. The number of carbonyl (C=O) groups excluding carboxylic acids is 1. The van der Waals surface area contributed by atoms with Crippen molar-refractivity contribution in [2.24, 2.45) is 5.10 Å². The van der Waals surface area contributed by atoms with E-state index in [1.54, 1.807) is 48.5 Å². The number of ether oxygens (including phenoxy) is 3. The molecule has 4 rings (SSSR count). The van der Waals surface area contributed by atoms with Gasteiger partial charge in [-0.3, -0.25) is 9.10 Å². The van der Waals surface area contributed by atoms with E-state index in [0.717, 1.165) is 16.1 Å². The first kappa shape index (κ1) is 31.4. The summed E-state index contributed by atoms with van der Waals surface area (Å²) in [5.74, 6) is 1.61. The summed E-state index contributed by atoms with van der Waals surface area (Å²) in [5, 5.41) is 4.66. The van der Waals surface area contributed by atoms with E-state index < -0.39 is 22.0 Å². The fourth-order valence-corrected chi connectivity index (χ4v) is 5.53. The Morgan fingerprint density at radius 3 is 2.33 bits per heavy atom.